The van der Waals surface area contributed by atoms with Crippen molar-refractivity contribution >= 4 is 12.1 Å². The summed E-state index contributed by atoms with van der Waals surface area (Å²) < 4.78 is 16.3. The van der Waals surface area contributed by atoms with Crippen LogP contribution in [0.1, 0.15) is 71.3 Å². The number of carbonyl (C=O) groups is 2. The fourth-order valence-corrected chi connectivity index (χ4v) is 3.19. The first-order valence-corrected chi connectivity index (χ1v) is 11.6. The third-order valence-electron chi connectivity index (χ3n) is 5.03. The third kappa shape index (κ3) is 12.4. The van der Waals surface area contributed by atoms with E-state index in [9.17, 15) is 9.59 Å². The maximum atomic E-state index is 12.6. The summed E-state index contributed by atoms with van der Waals surface area (Å²) in [5, 5.41) is 0. The van der Waals surface area contributed by atoms with Gasteiger partial charge in [-0.1, -0.05) is 83.2 Å². The van der Waals surface area contributed by atoms with Gasteiger partial charge >= 0.3 is 12.1 Å². The van der Waals surface area contributed by atoms with Crippen LogP contribution in [0.5, 0.6) is 0 Å². The quantitative estimate of drug-likeness (QED) is 0.250. The highest BCUT2D eigenvalue weighted by Crippen LogP contribution is 2.14. The van der Waals surface area contributed by atoms with Crippen LogP contribution in [0, 0.1) is 5.92 Å². The van der Waals surface area contributed by atoms with E-state index in [0.717, 1.165) is 18.4 Å². The Hall–Kier alpha value is -2.08. The molecule has 1 amide bonds. The molecule has 1 aromatic rings. The highest BCUT2D eigenvalue weighted by atomic mass is 16.6. The SMILES string of the molecule is CCCCCCCCOC(=O)[C@H](CC(C)C)N(C)C(=O)OCCOCc1ccccc1. The summed E-state index contributed by atoms with van der Waals surface area (Å²) >= 11 is 0. The number of unbranched alkanes of at least 4 members (excludes halogenated alkanes) is 5. The molecule has 6 heteroatoms. The van der Waals surface area contributed by atoms with E-state index < -0.39 is 12.1 Å². The van der Waals surface area contributed by atoms with Crippen LogP contribution in [-0.2, 0) is 25.6 Å². The number of hydrogen-bond acceptors (Lipinski definition) is 5. The number of ether oxygens (including phenoxy) is 3. The van der Waals surface area contributed by atoms with E-state index in [2.05, 4.69) is 6.92 Å². The molecule has 6 nitrogen and oxygen atoms in total. The Labute approximate surface area is 188 Å². The van der Waals surface area contributed by atoms with Crippen LogP contribution >= 0.6 is 0 Å². The van der Waals surface area contributed by atoms with Gasteiger partial charge in [0.25, 0.3) is 0 Å². The van der Waals surface area contributed by atoms with E-state index in [4.69, 9.17) is 14.2 Å². The zero-order chi connectivity index (χ0) is 22.9. The van der Waals surface area contributed by atoms with Crippen molar-refractivity contribution in [1.82, 2.24) is 4.90 Å². The molecular formula is C25H41NO5. The zero-order valence-corrected chi connectivity index (χ0v) is 19.8. The smallest absolute Gasteiger partial charge is 0.410 e. The number of hydrogen-bond donors (Lipinski definition) is 0. The summed E-state index contributed by atoms with van der Waals surface area (Å²) in [6.45, 7) is 7.53. The molecule has 0 bridgehead atoms. The van der Waals surface area contributed by atoms with E-state index in [0.29, 0.717) is 26.2 Å². The van der Waals surface area contributed by atoms with Gasteiger partial charge in [-0.3, -0.25) is 4.90 Å². The van der Waals surface area contributed by atoms with Crippen molar-refractivity contribution in [3.63, 3.8) is 0 Å². The molecule has 0 aliphatic rings. The summed E-state index contributed by atoms with van der Waals surface area (Å²) in [5.41, 5.74) is 1.07. The van der Waals surface area contributed by atoms with Crippen molar-refractivity contribution in [2.45, 2.75) is 78.4 Å². The van der Waals surface area contributed by atoms with Gasteiger partial charge in [-0.2, -0.15) is 0 Å². The standard InChI is InChI=1S/C25H41NO5/c1-5-6-7-8-9-13-16-30-24(27)23(19-21(2)3)26(4)25(28)31-18-17-29-20-22-14-11-10-12-15-22/h10-12,14-15,21,23H,5-9,13,16-20H2,1-4H3/t23-/m0/s1. The summed E-state index contributed by atoms with van der Waals surface area (Å²) in [6.07, 6.45) is 6.77. The number of amides is 1. The normalized spacial score (nSPS) is 11.9. The lowest BCUT2D eigenvalue weighted by Gasteiger charge is -2.27. The lowest BCUT2D eigenvalue weighted by Crippen LogP contribution is -2.44. The minimum absolute atomic E-state index is 0.136. The largest absolute Gasteiger partial charge is 0.464 e. The average Bonchev–Trinajstić information content (AvgIpc) is 2.76. The van der Waals surface area contributed by atoms with Crippen LogP contribution < -0.4 is 0 Å². The minimum atomic E-state index is -0.641. The number of benzene rings is 1. The number of esters is 1. The molecule has 0 saturated carbocycles. The predicted octanol–water partition coefficient (Wildman–Crippen LogP) is 5.59. The zero-order valence-electron chi connectivity index (χ0n) is 19.8. The first kappa shape index (κ1) is 27.0. The Morgan fingerprint density at radius 2 is 1.58 bits per heavy atom. The van der Waals surface area contributed by atoms with Gasteiger partial charge in [0.1, 0.15) is 12.6 Å². The van der Waals surface area contributed by atoms with Gasteiger partial charge in [-0.05, 0) is 24.3 Å². The number of nitrogens with zero attached hydrogens (tertiary/aromatic N) is 1. The highest BCUT2D eigenvalue weighted by molar-refractivity contribution is 5.81. The molecule has 0 radical (unpaired) electrons. The van der Waals surface area contributed by atoms with Gasteiger partial charge in [0.15, 0.2) is 0 Å². The molecule has 0 aliphatic heterocycles. The monoisotopic (exact) mass is 435 g/mol. The highest BCUT2D eigenvalue weighted by Gasteiger charge is 2.30. The van der Waals surface area contributed by atoms with Crippen molar-refractivity contribution < 1.29 is 23.8 Å². The van der Waals surface area contributed by atoms with Crippen molar-refractivity contribution in [3.8, 4) is 0 Å². The van der Waals surface area contributed by atoms with Gasteiger partial charge in [0.2, 0.25) is 0 Å². The van der Waals surface area contributed by atoms with Crippen LogP contribution in [0.25, 0.3) is 0 Å². The molecule has 0 saturated heterocycles. The van der Waals surface area contributed by atoms with Crippen LogP contribution in [-0.4, -0.2) is 49.9 Å². The van der Waals surface area contributed by atoms with E-state index in [1.165, 1.54) is 30.6 Å². The molecule has 1 rings (SSSR count). The topological polar surface area (TPSA) is 65.1 Å². The molecule has 0 N–H and O–H groups in total. The predicted molar refractivity (Wildman–Crippen MR) is 123 cm³/mol. The molecule has 0 spiro atoms. The lowest BCUT2D eigenvalue weighted by atomic mass is 10.0. The average molecular weight is 436 g/mol. The van der Waals surface area contributed by atoms with Crippen molar-refractivity contribution in [2.24, 2.45) is 5.92 Å². The second kappa shape index (κ2) is 16.6. The Balaban J connectivity index is 2.34. The van der Waals surface area contributed by atoms with E-state index >= 15 is 0 Å². The summed E-state index contributed by atoms with van der Waals surface area (Å²) in [6, 6.07) is 9.17. The second-order valence-electron chi connectivity index (χ2n) is 8.34. The van der Waals surface area contributed by atoms with E-state index in [1.807, 2.05) is 44.2 Å². The third-order valence-corrected chi connectivity index (χ3v) is 5.03. The Kier molecular flexibility index (Phi) is 14.4. The Morgan fingerprint density at radius 1 is 0.903 bits per heavy atom. The summed E-state index contributed by atoms with van der Waals surface area (Å²) in [5.74, 6) is -0.113. The molecule has 31 heavy (non-hydrogen) atoms. The first-order valence-electron chi connectivity index (χ1n) is 11.6. The maximum Gasteiger partial charge on any atom is 0.410 e. The van der Waals surface area contributed by atoms with Gasteiger partial charge in [0, 0.05) is 7.05 Å². The number of likely N-dealkylation sites (N-methyl/N-ethyl adjacent to an activating group) is 1. The molecular weight excluding hydrogens is 394 g/mol. The fourth-order valence-electron chi connectivity index (χ4n) is 3.19. The summed E-state index contributed by atoms with van der Waals surface area (Å²) in [7, 11) is 1.59. The van der Waals surface area contributed by atoms with Crippen molar-refractivity contribution in [1.29, 1.82) is 0 Å². The van der Waals surface area contributed by atoms with E-state index in [-0.39, 0.29) is 18.5 Å². The van der Waals surface area contributed by atoms with Crippen LogP contribution in [0.3, 0.4) is 0 Å². The van der Waals surface area contributed by atoms with Gasteiger partial charge in [-0.25, -0.2) is 9.59 Å². The molecule has 0 aliphatic carbocycles. The minimum Gasteiger partial charge on any atom is -0.464 e. The molecule has 1 atom stereocenters. The van der Waals surface area contributed by atoms with Crippen molar-refractivity contribution in [2.75, 3.05) is 26.9 Å². The number of rotatable bonds is 16. The molecule has 0 aromatic heterocycles. The fraction of sp³-hybridized carbons (Fsp3) is 0.680. The van der Waals surface area contributed by atoms with Gasteiger partial charge in [0.05, 0.1) is 19.8 Å². The second-order valence-corrected chi connectivity index (χ2v) is 8.34. The molecule has 1 aromatic carbocycles. The van der Waals surface area contributed by atoms with Gasteiger partial charge in [-0.15, -0.1) is 0 Å². The number of carbonyl (C=O) groups excluding carboxylic acids is 2. The molecule has 0 unspecified atom stereocenters. The molecule has 0 fully saturated rings. The van der Waals surface area contributed by atoms with E-state index in [1.54, 1.807) is 7.05 Å². The van der Waals surface area contributed by atoms with Crippen LogP contribution in [0.4, 0.5) is 4.79 Å². The maximum absolute atomic E-state index is 12.6. The van der Waals surface area contributed by atoms with Crippen LogP contribution in [0.2, 0.25) is 0 Å². The Bertz CT molecular complexity index is 605. The van der Waals surface area contributed by atoms with Crippen LogP contribution in [0.15, 0.2) is 30.3 Å². The Morgan fingerprint density at radius 3 is 2.26 bits per heavy atom. The van der Waals surface area contributed by atoms with Gasteiger partial charge < -0.3 is 14.2 Å². The summed E-state index contributed by atoms with van der Waals surface area (Å²) in [4.78, 5) is 26.4. The lowest BCUT2D eigenvalue weighted by molar-refractivity contribution is -0.149. The molecule has 0 heterocycles. The van der Waals surface area contributed by atoms with Crippen molar-refractivity contribution in [3.05, 3.63) is 35.9 Å². The first-order chi connectivity index (χ1) is 15.0. The molecule has 176 valence electrons.